The second-order valence-corrected chi connectivity index (χ2v) is 7.95. The molecule has 2 nitrogen and oxygen atoms in total. The summed E-state index contributed by atoms with van der Waals surface area (Å²) in [4.78, 5) is 7.56. The smallest absolute Gasteiger partial charge is 0.335 e. The molecule has 29 heavy (non-hydrogen) atoms. The third-order valence-corrected chi connectivity index (χ3v) is 6.07. The first-order chi connectivity index (χ1) is 13.9. The SMILES string of the molecule is FC(F)(F)c1cccc(-c2cncc(-c3cc4c5c(c3)CCN5C(=S)CC4)c2)c1. The van der Waals surface area contributed by atoms with E-state index in [4.69, 9.17) is 12.2 Å². The minimum Gasteiger partial charge on any atom is -0.335 e. The molecule has 0 radical (unpaired) electrons. The fraction of sp³-hybridized carbons (Fsp3) is 0.217. The molecule has 0 atom stereocenters. The lowest BCUT2D eigenvalue weighted by Crippen LogP contribution is -2.31. The predicted molar refractivity (Wildman–Crippen MR) is 112 cm³/mol. The van der Waals surface area contributed by atoms with E-state index in [2.05, 4.69) is 22.0 Å². The van der Waals surface area contributed by atoms with Gasteiger partial charge in [-0.2, -0.15) is 13.2 Å². The number of halogens is 3. The maximum atomic E-state index is 13.1. The summed E-state index contributed by atoms with van der Waals surface area (Å²) in [5.74, 6) is 0. The molecule has 0 aliphatic carbocycles. The quantitative estimate of drug-likeness (QED) is 0.477. The van der Waals surface area contributed by atoms with Crippen LogP contribution in [-0.2, 0) is 19.0 Å². The molecule has 3 aromatic rings. The highest BCUT2D eigenvalue weighted by atomic mass is 32.1. The Kier molecular flexibility index (Phi) is 4.21. The van der Waals surface area contributed by atoms with Crippen molar-refractivity contribution in [3.8, 4) is 22.3 Å². The molecule has 0 fully saturated rings. The zero-order valence-electron chi connectivity index (χ0n) is 15.5. The highest BCUT2D eigenvalue weighted by molar-refractivity contribution is 7.80. The van der Waals surface area contributed by atoms with Gasteiger partial charge in [-0.1, -0.05) is 24.4 Å². The summed E-state index contributed by atoms with van der Waals surface area (Å²) in [7, 11) is 0. The average molecular weight is 410 g/mol. The van der Waals surface area contributed by atoms with Crippen molar-refractivity contribution < 1.29 is 13.2 Å². The van der Waals surface area contributed by atoms with Gasteiger partial charge in [-0.05, 0) is 65.4 Å². The molecule has 0 saturated carbocycles. The van der Waals surface area contributed by atoms with Crippen LogP contribution in [0.5, 0.6) is 0 Å². The van der Waals surface area contributed by atoms with Crippen LogP contribution in [0.2, 0.25) is 0 Å². The van der Waals surface area contributed by atoms with Gasteiger partial charge in [0.25, 0.3) is 0 Å². The first kappa shape index (κ1) is 18.3. The number of aryl methyl sites for hydroxylation is 1. The number of thiocarbonyl (C=S) groups is 1. The summed E-state index contributed by atoms with van der Waals surface area (Å²) < 4.78 is 39.2. The lowest BCUT2D eigenvalue weighted by molar-refractivity contribution is -0.137. The lowest BCUT2D eigenvalue weighted by atomic mass is 9.93. The van der Waals surface area contributed by atoms with E-state index in [1.807, 2.05) is 6.07 Å². The van der Waals surface area contributed by atoms with E-state index in [-0.39, 0.29) is 0 Å². The van der Waals surface area contributed by atoms with Crippen molar-refractivity contribution in [1.82, 2.24) is 4.98 Å². The van der Waals surface area contributed by atoms with Crippen LogP contribution in [0, 0.1) is 0 Å². The summed E-state index contributed by atoms with van der Waals surface area (Å²) in [6.45, 7) is 0.924. The molecular formula is C23H17F3N2S. The molecule has 2 aliphatic heterocycles. The topological polar surface area (TPSA) is 16.1 Å². The van der Waals surface area contributed by atoms with Crippen LogP contribution < -0.4 is 4.90 Å². The normalized spacial score (nSPS) is 15.6. The number of anilines is 1. The zero-order chi connectivity index (χ0) is 20.2. The Bertz CT molecular complexity index is 1140. The van der Waals surface area contributed by atoms with Crippen molar-refractivity contribution in [3.05, 3.63) is 71.5 Å². The number of benzene rings is 2. The third-order valence-electron chi connectivity index (χ3n) is 5.65. The average Bonchev–Trinajstić information content (AvgIpc) is 3.16. The van der Waals surface area contributed by atoms with E-state index in [1.165, 1.54) is 28.9 Å². The van der Waals surface area contributed by atoms with Crippen molar-refractivity contribution in [3.63, 3.8) is 0 Å². The molecule has 3 heterocycles. The first-order valence-corrected chi connectivity index (χ1v) is 9.90. The van der Waals surface area contributed by atoms with Crippen LogP contribution in [0.4, 0.5) is 18.9 Å². The van der Waals surface area contributed by atoms with Crippen molar-refractivity contribution >= 4 is 22.9 Å². The fourth-order valence-corrected chi connectivity index (χ4v) is 4.54. The number of pyridine rings is 1. The van der Waals surface area contributed by atoms with Gasteiger partial charge in [0.05, 0.1) is 10.6 Å². The summed E-state index contributed by atoms with van der Waals surface area (Å²) >= 11 is 5.51. The first-order valence-electron chi connectivity index (χ1n) is 9.49. The second kappa shape index (κ2) is 6.66. The van der Waals surface area contributed by atoms with Gasteiger partial charge in [-0.3, -0.25) is 4.98 Å². The minimum absolute atomic E-state index is 0.508. The van der Waals surface area contributed by atoms with Crippen LogP contribution in [0.3, 0.4) is 0 Å². The molecule has 0 amide bonds. The van der Waals surface area contributed by atoms with Crippen LogP contribution in [0.15, 0.2) is 54.9 Å². The summed E-state index contributed by atoms with van der Waals surface area (Å²) in [6.07, 6.45) is 1.77. The maximum Gasteiger partial charge on any atom is 0.416 e. The van der Waals surface area contributed by atoms with Gasteiger partial charge >= 0.3 is 6.18 Å². The van der Waals surface area contributed by atoms with Crippen LogP contribution >= 0.6 is 12.2 Å². The second-order valence-electron chi connectivity index (χ2n) is 7.48. The Morgan fingerprint density at radius 2 is 1.55 bits per heavy atom. The highest BCUT2D eigenvalue weighted by Gasteiger charge is 2.31. The molecule has 0 saturated heterocycles. The van der Waals surface area contributed by atoms with Gasteiger partial charge in [0, 0.05) is 42.2 Å². The number of nitrogens with zero attached hydrogens (tertiary/aromatic N) is 2. The van der Waals surface area contributed by atoms with Crippen molar-refractivity contribution in [2.45, 2.75) is 25.4 Å². The van der Waals surface area contributed by atoms with Gasteiger partial charge in [0.15, 0.2) is 0 Å². The summed E-state index contributed by atoms with van der Waals surface area (Å²) in [5.41, 5.74) is 6.31. The van der Waals surface area contributed by atoms with E-state index >= 15 is 0 Å². The lowest BCUT2D eigenvalue weighted by Gasteiger charge is -2.28. The summed E-state index contributed by atoms with van der Waals surface area (Å²) in [6, 6.07) is 11.6. The molecule has 1 aromatic heterocycles. The van der Waals surface area contributed by atoms with E-state index in [0.717, 1.165) is 48.0 Å². The number of hydrogen-bond acceptors (Lipinski definition) is 2. The predicted octanol–water partition coefficient (Wildman–Crippen LogP) is 6.07. The number of alkyl halides is 3. The molecule has 0 spiro atoms. The Balaban J connectivity index is 1.56. The molecular weight excluding hydrogens is 393 g/mol. The minimum atomic E-state index is -4.36. The number of hydrogen-bond donors (Lipinski definition) is 0. The largest absolute Gasteiger partial charge is 0.416 e. The maximum absolute atomic E-state index is 13.1. The highest BCUT2D eigenvalue weighted by Crippen LogP contribution is 2.40. The monoisotopic (exact) mass is 410 g/mol. The van der Waals surface area contributed by atoms with E-state index in [0.29, 0.717) is 11.1 Å². The molecule has 146 valence electrons. The summed E-state index contributed by atoms with van der Waals surface area (Å²) in [5, 5.41) is 0. The number of rotatable bonds is 2. The Labute approximate surface area is 172 Å². The molecule has 0 N–H and O–H groups in total. The standard InChI is InChI=1S/C23H17F3N2S/c24-23(25,26)20-3-1-2-14(11-20)18-10-19(13-27-12-18)17-8-15-4-5-21(29)28-7-6-16(9-17)22(15)28/h1-3,8-13H,4-7H2. The molecule has 2 aromatic carbocycles. The van der Waals surface area contributed by atoms with Gasteiger partial charge in [-0.15, -0.1) is 0 Å². The van der Waals surface area contributed by atoms with E-state index < -0.39 is 11.7 Å². The van der Waals surface area contributed by atoms with Gasteiger partial charge in [0.1, 0.15) is 0 Å². The van der Waals surface area contributed by atoms with E-state index in [9.17, 15) is 13.2 Å². The van der Waals surface area contributed by atoms with Crippen LogP contribution in [0.25, 0.3) is 22.3 Å². The Morgan fingerprint density at radius 3 is 2.31 bits per heavy atom. The third kappa shape index (κ3) is 3.21. The molecule has 2 aliphatic rings. The fourth-order valence-electron chi connectivity index (χ4n) is 4.26. The molecule has 5 rings (SSSR count). The van der Waals surface area contributed by atoms with Gasteiger partial charge in [0.2, 0.25) is 0 Å². The zero-order valence-corrected chi connectivity index (χ0v) is 16.3. The Morgan fingerprint density at radius 1 is 0.828 bits per heavy atom. The van der Waals surface area contributed by atoms with Gasteiger partial charge in [-0.25, -0.2) is 0 Å². The van der Waals surface area contributed by atoms with Gasteiger partial charge < -0.3 is 4.90 Å². The van der Waals surface area contributed by atoms with Crippen molar-refractivity contribution in [2.24, 2.45) is 0 Å². The van der Waals surface area contributed by atoms with E-state index in [1.54, 1.807) is 18.5 Å². The van der Waals surface area contributed by atoms with Crippen molar-refractivity contribution in [2.75, 3.05) is 11.4 Å². The molecule has 0 unspecified atom stereocenters. The number of aromatic nitrogens is 1. The van der Waals surface area contributed by atoms with Crippen LogP contribution in [-0.4, -0.2) is 16.5 Å². The molecule has 6 heteroatoms. The van der Waals surface area contributed by atoms with Crippen LogP contribution in [0.1, 0.15) is 23.1 Å². The molecule has 0 bridgehead atoms. The van der Waals surface area contributed by atoms with Crippen molar-refractivity contribution in [1.29, 1.82) is 0 Å². The Hall–Kier alpha value is -2.73.